The van der Waals surface area contributed by atoms with Crippen molar-refractivity contribution in [1.29, 1.82) is 0 Å². The highest BCUT2D eigenvalue weighted by Crippen LogP contribution is 2.30. The van der Waals surface area contributed by atoms with Gasteiger partial charge in [-0.1, -0.05) is 0 Å². The Hall–Kier alpha value is -3.30. The van der Waals surface area contributed by atoms with E-state index in [4.69, 9.17) is 5.73 Å². The zero-order valence-corrected chi connectivity index (χ0v) is 14.0. The van der Waals surface area contributed by atoms with Crippen molar-refractivity contribution in [2.45, 2.75) is 19.5 Å². The van der Waals surface area contributed by atoms with Crippen LogP contribution in [-0.2, 0) is 12.6 Å². The van der Waals surface area contributed by atoms with Gasteiger partial charge in [0.25, 0.3) is 5.91 Å². The van der Waals surface area contributed by atoms with Crippen molar-refractivity contribution < 1.29 is 22.4 Å². The summed E-state index contributed by atoms with van der Waals surface area (Å²) in [4.78, 5) is 16.5. The zero-order valence-electron chi connectivity index (χ0n) is 14.0. The van der Waals surface area contributed by atoms with E-state index in [1.807, 2.05) is 0 Å². The molecule has 0 aliphatic carbocycles. The van der Waals surface area contributed by atoms with Crippen LogP contribution in [-0.4, -0.2) is 25.9 Å². The standard InChI is InChI=1S/C17H13F4N5O/c1-9-15(16(22)27)25-26(24-9)14-2-3-23-13(8-14)6-10-4-11(17(19,20)21)7-12(18)5-10/h2-5,7-8H,6H2,1H3,(H2,22,27). The van der Waals surface area contributed by atoms with Gasteiger partial charge in [0.15, 0.2) is 5.69 Å². The first-order valence-electron chi connectivity index (χ1n) is 7.69. The van der Waals surface area contributed by atoms with Crippen molar-refractivity contribution in [3.05, 3.63) is 70.6 Å². The lowest BCUT2D eigenvalue weighted by molar-refractivity contribution is -0.137. The molecule has 0 radical (unpaired) electrons. The molecule has 0 aliphatic heterocycles. The van der Waals surface area contributed by atoms with Gasteiger partial charge in [0.05, 0.1) is 16.9 Å². The smallest absolute Gasteiger partial charge is 0.364 e. The van der Waals surface area contributed by atoms with Crippen molar-refractivity contribution in [2.24, 2.45) is 5.73 Å². The van der Waals surface area contributed by atoms with Crippen molar-refractivity contribution in [1.82, 2.24) is 20.0 Å². The topological polar surface area (TPSA) is 86.7 Å². The lowest BCUT2D eigenvalue weighted by atomic mass is 10.1. The van der Waals surface area contributed by atoms with Gasteiger partial charge < -0.3 is 5.73 Å². The van der Waals surface area contributed by atoms with E-state index >= 15 is 0 Å². The molecule has 0 fully saturated rings. The van der Waals surface area contributed by atoms with Crippen LogP contribution in [0.1, 0.15) is 33.0 Å². The minimum absolute atomic E-state index is 0.00770. The van der Waals surface area contributed by atoms with Crippen LogP contribution < -0.4 is 5.73 Å². The zero-order chi connectivity index (χ0) is 19.8. The third kappa shape index (κ3) is 4.10. The van der Waals surface area contributed by atoms with Crippen LogP contribution in [0.25, 0.3) is 5.69 Å². The van der Waals surface area contributed by atoms with Crippen LogP contribution in [0.4, 0.5) is 17.6 Å². The van der Waals surface area contributed by atoms with Crippen molar-refractivity contribution in [3.63, 3.8) is 0 Å². The fourth-order valence-corrected chi connectivity index (χ4v) is 2.53. The molecule has 0 aliphatic rings. The first kappa shape index (κ1) is 18.5. The summed E-state index contributed by atoms with van der Waals surface area (Å²) in [6.07, 6.45) is -3.26. The summed E-state index contributed by atoms with van der Waals surface area (Å²) >= 11 is 0. The number of hydrogen-bond acceptors (Lipinski definition) is 4. The Balaban J connectivity index is 1.92. The minimum atomic E-state index is -4.65. The Bertz CT molecular complexity index is 1010. The quantitative estimate of drug-likeness (QED) is 0.707. The summed E-state index contributed by atoms with van der Waals surface area (Å²) in [5, 5.41) is 8.06. The molecule has 0 saturated heterocycles. The van der Waals surface area contributed by atoms with E-state index in [-0.39, 0.29) is 17.7 Å². The molecule has 3 aromatic rings. The average Bonchev–Trinajstić information content (AvgIpc) is 2.96. The lowest BCUT2D eigenvalue weighted by Crippen LogP contribution is -2.13. The van der Waals surface area contributed by atoms with Gasteiger partial charge in [-0.2, -0.15) is 23.1 Å². The molecule has 1 aromatic carbocycles. The third-order valence-corrected chi connectivity index (χ3v) is 3.72. The van der Waals surface area contributed by atoms with E-state index in [2.05, 4.69) is 15.2 Å². The van der Waals surface area contributed by atoms with Gasteiger partial charge in [0.1, 0.15) is 5.82 Å². The number of carbonyl (C=O) groups is 1. The lowest BCUT2D eigenvalue weighted by Gasteiger charge is -2.10. The van der Waals surface area contributed by atoms with Crippen LogP contribution in [0.2, 0.25) is 0 Å². The number of carbonyl (C=O) groups excluding carboxylic acids is 1. The van der Waals surface area contributed by atoms with Gasteiger partial charge >= 0.3 is 6.18 Å². The Morgan fingerprint density at radius 3 is 2.56 bits per heavy atom. The largest absolute Gasteiger partial charge is 0.416 e. The second-order valence-corrected chi connectivity index (χ2v) is 5.82. The molecule has 0 saturated carbocycles. The number of halogens is 4. The Morgan fingerprint density at radius 2 is 1.93 bits per heavy atom. The first-order valence-corrected chi connectivity index (χ1v) is 7.69. The summed E-state index contributed by atoms with van der Waals surface area (Å²) in [5.74, 6) is -1.71. The maximum Gasteiger partial charge on any atom is 0.416 e. The minimum Gasteiger partial charge on any atom is -0.364 e. The van der Waals surface area contributed by atoms with E-state index in [9.17, 15) is 22.4 Å². The number of primary amides is 1. The second kappa shape index (κ2) is 6.78. The van der Waals surface area contributed by atoms with E-state index in [1.165, 1.54) is 17.1 Å². The van der Waals surface area contributed by atoms with E-state index in [0.29, 0.717) is 23.1 Å². The molecule has 2 heterocycles. The predicted octanol–water partition coefficient (Wildman–Crippen LogP) is 2.82. The first-order chi connectivity index (χ1) is 12.6. The van der Waals surface area contributed by atoms with E-state index < -0.39 is 23.5 Å². The second-order valence-electron chi connectivity index (χ2n) is 5.82. The Labute approximate surface area is 150 Å². The number of amides is 1. The summed E-state index contributed by atoms with van der Waals surface area (Å²) in [5.41, 5.74) is 5.41. The van der Waals surface area contributed by atoms with E-state index in [0.717, 1.165) is 12.1 Å². The van der Waals surface area contributed by atoms with Gasteiger partial charge in [-0.15, -0.1) is 5.10 Å². The number of nitrogens with zero attached hydrogens (tertiary/aromatic N) is 4. The number of aromatic nitrogens is 4. The molecule has 0 bridgehead atoms. The Kier molecular flexibility index (Phi) is 4.64. The normalized spacial score (nSPS) is 11.6. The van der Waals surface area contributed by atoms with Crippen LogP contribution in [0.15, 0.2) is 36.5 Å². The molecular weight excluding hydrogens is 366 g/mol. The SMILES string of the molecule is Cc1nn(-c2ccnc(Cc3cc(F)cc(C(F)(F)F)c3)c2)nc1C(N)=O. The summed E-state index contributed by atoms with van der Waals surface area (Å²) < 4.78 is 52.1. The number of aryl methyl sites for hydroxylation is 1. The number of rotatable bonds is 4. The molecule has 0 atom stereocenters. The molecule has 10 heteroatoms. The van der Waals surface area contributed by atoms with Gasteiger partial charge in [0, 0.05) is 18.3 Å². The highest BCUT2D eigenvalue weighted by atomic mass is 19.4. The van der Waals surface area contributed by atoms with Gasteiger partial charge in [-0.25, -0.2) is 4.39 Å². The van der Waals surface area contributed by atoms with E-state index in [1.54, 1.807) is 13.0 Å². The summed E-state index contributed by atoms with van der Waals surface area (Å²) in [6, 6.07) is 5.42. The highest BCUT2D eigenvalue weighted by Gasteiger charge is 2.31. The number of benzene rings is 1. The number of pyridine rings is 1. The van der Waals surface area contributed by atoms with Crippen molar-refractivity contribution >= 4 is 5.91 Å². The Morgan fingerprint density at radius 1 is 1.19 bits per heavy atom. The van der Waals surface area contributed by atoms with Gasteiger partial charge in [-0.3, -0.25) is 9.78 Å². The fourth-order valence-electron chi connectivity index (χ4n) is 2.53. The molecule has 6 nitrogen and oxygen atoms in total. The molecule has 0 spiro atoms. The number of hydrogen-bond donors (Lipinski definition) is 1. The van der Waals surface area contributed by atoms with Crippen molar-refractivity contribution in [3.8, 4) is 5.69 Å². The molecule has 0 unspecified atom stereocenters. The maximum atomic E-state index is 13.5. The predicted molar refractivity (Wildman–Crippen MR) is 86.6 cm³/mol. The van der Waals surface area contributed by atoms with Crippen LogP contribution in [0, 0.1) is 12.7 Å². The summed E-state index contributed by atoms with van der Waals surface area (Å²) in [6.45, 7) is 1.57. The third-order valence-electron chi connectivity index (χ3n) is 3.72. The monoisotopic (exact) mass is 379 g/mol. The molecular formula is C17H13F4N5O. The van der Waals surface area contributed by atoms with Crippen molar-refractivity contribution in [2.75, 3.05) is 0 Å². The van der Waals surface area contributed by atoms with Gasteiger partial charge in [-0.05, 0) is 42.8 Å². The molecule has 27 heavy (non-hydrogen) atoms. The van der Waals surface area contributed by atoms with Crippen LogP contribution in [0.5, 0.6) is 0 Å². The van der Waals surface area contributed by atoms with Crippen LogP contribution in [0.3, 0.4) is 0 Å². The van der Waals surface area contributed by atoms with Crippen LogP contribution >= 0.6 is 0 Å². The molecule has 1 amide bonds. The highest BCUT2D eigenvalue weighted by molar-refractivity contribution is 5.91. The molecule has 2 aromatic heterocycles. The number of nitrogens with two attached hydrogens (primary N) is 1. The molecule has 3 rings (SSSR count). The summed E-state index contributed by atoms with van der Waals surface area (Å²) in [7, 11) is 0. The van der Waals surface area contributed by atoms with Gasteiger partial charge in [0.2, 0.25) is 0 Å². The molecule has 2 N–H and O–H groups in total. The molecule has 140 valence electrons. The fraction of sp³-hybridized carbons (Fsp3) is 0.176. The number of alkyl halides is 3. The maximum absolute atomic E-state index is 13.5. The average molecular weight is 379 g/mol.